The molecule has 144 valence electrons. The largest absolute Gasteiger partial charge is 0.507 e. The van der Waals surface area contributed by atoms with Crippen LogP contribution < -0.4 is 4.90 Å². The van der Waals surface area contributed by atoms with Gasteiger partial charge in [-0.3, -0.25) is 14.5 Å². The van der Waals surface area contributed by atoms with Crippen LogP contribution in [0.2, 0.25) is 5.02 Å². The molecule has 0 saturated carbocycles. The van der Waals surface area contributed by atoms with E-state index >= 15 is 0 Å². The highest BCUT2D eigenvalue weighted by molar-refractivity contribution is 6.51. The Labute approximate surface area is 173 Å². The zero-order valence-electron chi connectivity index (χ0n) is 15.7. The van der Waals surface area contributed by atoms with Crippen molar-refractivity contribution in [3.05, 3.63) is 106 Å². The Morgan fingerprint density at radius 3 is 2.14 bits per heavy atom. The van der Waals surface area contributed by atoms with Gasteiger partial charge in [0.2, 0.25) is 0 Å². The minimum absolute atomic E-state index is 0.0593. The van der Waals surface area contributed by atoms with Gasteiger partial charge in [0.25, 0.3) is 11.7 Å². The molecule has 0 aromatic heterocycles. The zero-order chi connectivity index (χ0) is 20.5. The first-order valence-electron chi connectivity index (χ1n) is 9.16. The second kappa shape index (κ2) is 7.57. The van der Waals surface area contributed by atoms with E-state index < -0.39 is 17.7 Å². The predicted molar refractivity (Wildman–Crippen MR) is 114 cm³/mol. The number of ketones is 1. The lowest BCUT2D eigenvalue weighted by Crippen LogP contribution is -2.29. The van der Waals surface area contributed by atoms with Crippen LogP contribution in [0.3, 0.4) is 0 Å². The maximum absolute atomic E-state index is 13.0. The molecule has 1 N–H and O–H groups in total. The Hall–Kier alpha value is -3.37. The number of carbonyl (C=O) groups excluding carboxylic acids is 2. The number of nitrogens with zero attached hydrogens (tertiary/aromatic N) is 1. The molecule has 1 aliphatic rings. The van der Waals surface area contributed by atoms with E-state index in [1.807, 2.05) is 49.4 Å². The van der Waals surface area contributed by atoms with Gasteiger partial charge in [-0.2, -0.15) is 0 Å². The van der Waals surface area contributed by atoms with Gasteiger partial charge < -0.3 is 5.11 Å². The summed E-state index contributed by atoms with van der Waals surface area (Å²) >= 11 is 5.94. The first-order valence-corrected chi connectivity index (χ1v) is 9.53. The highest BCUT2D eigenvalue weighted by Gasteiger charge is 2.46. The Kier molecular flexibility index (Phi) is 4.95. The summed E-state index contributed by atoms with van der Waals surface area (Å²) in [5, 5.41) is 11.5. The molecule has 1 amide bonds. The standard InChI is InChI=1S/C24H18ClNO3/c1-15-7-13-19(14-8-15)26-21(16-5-3-2-4-6-16)20(23(28)24(26)29)22(27)17-9-11-18(25)12-10-17/h2-14,21,27H,1H3/t21-/m1/s1. The van der Waals surface area contributed by atoms with E-state index in [-0.39, 0.29) is 11.3 Å². The summed E-state index contributed by atoms with van der Waals surface area (Å²) in [6, 6.07) is 22.4. The monoisotopic (exact) mass is 403 g/mol. The highest BCUT2D eigenvalue weighted by Crippen LogP contribution is 2.42. The summed E-state index contributed by atoms with van der Waals surface area (Å²) in [5.41, 5.74) is 2.87. The van der Waals surface area contributed by atoms with E-state index in [0.29, 0.717) is 16.3 Å². The Balaban J connectivity index is 1.93. The zero-order valence-corrected chi connectivity index (χ0v) is 16.4. The number of anilines is 1. The van der Waals surface area contributed by atoms with Crippen molar-refractivity contribution in [3.8, 4) is 0 Å². The number of Topliss-reactive ketones (excluding diaryl/α,β-unsaturated/α-hetero) is 1. The molecule has 1 saturated heterocycles. The Morgan fingerprint density at radius 2 is 1.52 bits per heavy atom. The molecular formula is C24H18ClNO3. The molecule has 1 aliphatic heterocycles. The number of halogens is 1. The van der Waals surface area contributed by atoms with Crippen LogP contribution >= 0.6 is 11.6 Å². The SMILES string of the molecule is Cc1ccc(N2C(=O)C(=O)C(=C(O)c3ccc(Cl)cc3)[C@H]2c2ccccc2)cc1. The van der Waals surface area contributed by atoms with Crippen molar-refractivity contribution in [2.45, 2.75) is 13.0 Å². The second-order valence-electron chi connectivity index (χ2n) is 6.92. The molecule has 1 heterocycles. The van der Waals surface area contributed by atoms with Crippen LogP contribution in [0.25, 0.3) is 5.76 Å². The number of hydrogen-bond acceptors (Lipinski definition) is 3. The van der Waals surface area contributed by atoms with Gasteiger partial charge in [-0.1, -0.05) is 59.6 Å². The van der Waals surface area contributed by atoms with Crippen LogP contribution in [0, 0.1) is 6.92 Å². The van der Waals surface area contributed by atoms with Gasteiger partial charge in [-0.25, -0.2) is 0 Å². The van der Waals surface area contributed by atoms with Crippen LogP contribution in [0.15, 0.2) is 84.4 Å². The summed E-state index contributed by atoms with van der Waals surface area (Å²) in [5.74, 6) is -1.60. The molecule has 5 heteroatoms. The van der Waals surface area contributed by atoms with Gasteiger partial charge in [0, 0.05) is 16.3 Å². The lowest BCUT2D eigenvalue weighted by Gasteiger charge is -2.25. The molecule has 3 aromatic rings. The fraction of sp³-hybridized carbons (Fsp3) is 0.0833. The summed E-state index contributed by atoms with van der Waals surface area (Å²) in [4.78, 5) is 27.4. The highest BCUT2D eigenvalue weighted by atomic mass is 35.5. The molecule has 29 heavy (non-hydrogen) atoms. The average Bonchev–Trinajstić information content (AvgIpc) is 3.00. The molecule has 0 spiro atoms. The smallest absolute Gasteiger partial charge is 0.300 e. The molecule has 0 radical (unpaired) electrons. The summed E-state index contributed by atoms with van der Waals surface area (Å²) in [7, 11) is 0. The number of rotatable bonds is 3. The first-order chi connectivity index (χ1) is 14.0. The third kappa shape index (κ3) is 3.43. The first kappa shape index (κ1) is 19.0. The number of carbonyl (C=O) groups is 2. The average molecular weight is 404 g/mol. The van der Waals surface area contributed by atoms with E-state index in [1.54, 1.807) is 36.4 Å². The molecule has 0 bridgehead atoms. The molecule has 1 atom stereocenters. The molecule has 1 fully saturated rings. The predicted octanol–water partition coefficient (Wildman–Crippen LogP) is 5.27. The molecule has 0 aliphatic carbocycles. The minimum Gasteiger partial charge on any atom is -0.507 e. The lowest BCUT2D eigenvalue weighted by molar-refractivity contribution is -0.132. The van der Waals surface area contributed by atoms with Crippen LogP contribution in [0.5, 0.6) is 0 Å². The van der Waals surface area contributed by atoms with Crippen molar-refractivity contribution in [3.63, 3.8) is 0 Å². The van der Waals surface area contributed by atoms with E-state index in [2.05, 4.69) is 0 Å². The van der Waals surface area contributed by atoms with Gasteiger partial charge in [0.15, 0.2) is 0 Å². The van der Waals surface area contributed by atoms with E-state index in [0.717, 1.165) is 11.1 Å². The third-order valence-corrected chi connectivity index (χ3v) is 5.24. The number of amides is 1. The molecule has 4 nitrogen and oxygen atoms in total. The molecular weight excluding hydrogens is 386 g/mol. The van der Waals surface area contributed by atoms with Crippen LogP contribution in [-0.2, 0) is 9.59 Å². The van der Waals surface area contributed by atoms with Gasteiger partial charge in [0.1, 0.15) is 5.76 Å². The number of benzene rings is 3. The number of hydrogen-bond donors (Lipinski definition) is 1. The van der Waals surface area contributed by atoms with Crippen molar-refractivity contribution in [1.82, 2.24) is 0 Å². The van der Waals surface area contributed by atoms with Crippen LogP contribution in [-0.4, -0.2) is 16.8 Å². The summed E-state index contributed by atoms with van der Waals surface area (Å²) in [6.07, 6.45) is 0. The number of aliphatic hydroxyl groups excluding tert-OH is 1. The third-order valence-electron chi connectivity index (χ3n) is 4.99. The number of aryl methyl sites for hydroxylation is 1. The van der Waals surface area contributed by atoms with Crippen molar-refractivity contribution in [2.24, 2.45) is 0 Å². The van der Waals surface area contributed by atoms with Crippen molar-refractivity contribution < 1.29 is 14.7 Å². The fourth-order valence-corrected chi connectivity index (χ4v) is 3.64. The van der Waals surface area contributed by atoms with E-state index in [4.69, 9.17) is 11.6 Å². The Morgan fingerprint density at radius 1 is 0.897 bits per heavy atom. The van der Waals surface area contributed by atoms with E-state index in [1.165, 1.54) is 4.90 Å². The van der Waals surface area contributed by atoms with Gasteiger partial charge in [-0.15, -0.1) is 0 Å². The van der Waals surface area contributed by atoms with Gasteiger partial charge in [0.05, 0.1) is 11.6 Å². The number of aliphatic hydroxyl groups is 1. The maximum Gasteiger partial charge on any atom is 0.300 e. The quantitative estimate of drug-likeness (QED) is 0.368. The van der Waals surface area contributed by atoms with Gasteiger partial charge in [-0.05, 0) is 48.9 Å². The van der Waals surface area contributed by atoms with Crippen molar-refractivity contribution in [2.75, 3.05) is 4.90 Å². The maximum atomic E-state index is 13.0. The summed E-state index contributed by atoms with van der Waals surface area (Å²) in [6.45, 7) is 1.95. The minimum atomic E-state index is -0.727. The summed E-state index contributed by atoms with van der Waals surface area (Å²) < 4.78 is 0. The van der Waals surface area contributed by atoms with Gasteiger partial charge >= 0.3 is 0 Å². The van der Waals surface area contributed by atoms with Crippen LogP contribution in [0.1, 0.15) is 22.7 Å². The molecule has 0 unspecified atom stereocenters. The molecule has 3 aromatic carbocycles. The van der Waals surface area contributed by atoms with Crippen LogP contribution in [0.4, 0.5) is 5.69 Å². The topological polar surface area (TPSA) is 57.6 Å². The molecule has 4 rings (SSSR count). The van der Waals surface area contributed by atoms with E-state index in [9.17, 15) is 14.7 Å². The normalized spacial score (nSPS) is 18.3. The lowest BCUT2D eigenvalue weighted by atomic mass is 9.95. The Bertz CT molecular complexity index is 1100. The van der Waals surface area contributed by atoms with Crippen molar-refractivity contribution >= 4 is 34.7 Å². The fourth-order valence-electron chi connectivity index (χ4n) is 3.52. The van der Waals surface area contributed by atoms with Crippen molar-refractivity contribution in [1.29, 1.82) is 0 Å². The second-order valence-corrected chi connectivity index (χ2v) is 7.36.